The largest absolute Gasteiger partial charge is 0.458 e. The number of esters is 1. The van der Waals surface area contributed by atoms with Gasteiger partial charge in [-0.1, -0.05) is 65.3 Å². The van der Waals surface area contributed by atoms with Crippen LogP contribution in [0, 0.1) is 57.2 Å². The lowest BCUT2D eigenvalue weighted by Crippen LogP contribution is -2.68. The van der Waals surface area contributed by atoms with Gasteiger partial charge in [0.2, 0.25) is 0 Å². The smallest absolute Gasteiger partial charge is 0.338 e. The number of hydrogen-bond acceptors (Lipinski definition) is 7. The molecule has 1 N–H and O–H groups in total. The maximum absolute atomic E-state index is 13.4. The summed E-state index contributed by atoms with van der Waals surface area (Å²) < 4.78 is 36.1. The SMILES string of the molecule is C=C(C)[C@@H]1CC[C@]2(NCCN3CCS(=O)(=O)CC3)CC[C@]3(C)[C@H](CC[C@@H]4[C@@]5(C)CC=C(CC6CCC(OC)(C(=O)OC(C)(C)CC)CC6)C(C)(C)[C@@H]5CC[C@]43C)[C@@H]12. The van der Waals surface area contributed by atoms with Crippen LogP contribution in [0.5, 0.6) is 0 Å². The standard InChI is InChI=1S/C49H82N2O5S/c1-12-43(4,5)56-42(52)49(55-11)23-15-35(16-24-49)33-36-17-20-45(8)39(44(36,6)7)19-21-47(10)40(45)14-13-38-41-37(34(2)3)18-22-48(41,26-25-46(38,47)9)50-27-28-51-29-31-57(53,54)32-30-51/h17,35,37-41,50H,2,12-16,18-33H2,1,3-11H3/t35?,37-,38+,39-,40+,41+,45-,46+,47+,48-,49?/m0/s1. The van der Waals surface area contributed by atoms with Crippen LogP contribution in [0.25, 0.3) is 0 Å². The first-order valence-corrected chi connectivity index (χ1v) is 25.2. The van der Waals surface area contributed by atoms with Crippen LogP contribution in [0.1, 0.15) is 159 Å². The molecule has 7 nitrogen and oxygen atoms in total. The number of allylic oxidation sites excluding steroid dienone is 3. The molecule has 1 heterocycles. The summed E-state index contributed by atoms with van der Waals surface area (Å²) in [7, 11) is -1.16. The lowest BCUT2D eigenvalue weighted by atomic mass is 9.33. The highest BCUT2D eigenvalue weighted by molar-refractivity contribution is 7.91. The van der Waals surface area contributed by atoms with Crippen LogP contribution in [0.3, 0.4) is 0 Å². The molecule has 8 heteroatoms. The summed E-state index contributed by atoms with van der Waals surface area (Å²) >= 11 is 0. The van der Waals surface area contributed by atoms with E-state index in [4.69, 9.17) is 9.47 Å². The van der Waals surface area contributed by atoms with Crippen LogP contribution >= 0.6 is 0 Å². The summed E-state index contributed by atoms with van der Waals surface area (Å²) in [5.41, 5.74) is 3.01. The molecule has 7 rings (SSSR count). The van der Waals surface area contributed by atoms with Crippen molar-refractivity contribution in [3.63, 3.8) is 0 Å². The van der Waals surface area contributed by atoms with Crippen molar-refractivity contribution in [2.24, 2.45) is 57.2 Å². The van der Waals surface area contributed by atoms with E-state index >= 15 is 0 Å². The van der Waals surface area contributed by atoms with Crippen molar-refractivity contribution < 1.29 is 22.7 Å². The highest BCUT2D eigenvalue weighted by atomic mass is 32.2. The second-order valence-corrected chi connectivity index (χ2v) is 25.1. The van der Waals surface area contributed by atoms with Crippen LogP contribution in [-0.2, 0) is 24.1 Å². The van der Waals surface area contributed by atoms with E-state index < -0.39 is 21.0 Å². The normalized spacial score (nSPS) is 44.1. The minimum absolute atomic E-state index is 0.159. The minimum atomic E-state index is -2.86. The van der Waals surface area contributed by atoms with E-state index in [1.54, 1.807) is 12.7 Å². The van der Waals surface area contributed by atoms with Crippen LogP contribution in [0.15, 0.2) is 23.8 Å². The summed E-state index contributed by atoms with van der Waals surface area (Å²) in [5.74, 6) is 4.32. The molecule has 1 aliphatic heterocycles. The first-order chi connectivity index (χ1) is 26.6. The van der Waals surface area contributed by atoms with Crippen LogP contribution in [0.4, 0.5) is 0 Å². The third-order valence-electron chi connectivity index (χ3n) is 19.6. The van der Waals surface area contributed by atoms with Crippen LogP contribution in [-0.4, -0.2) is 80.8 Å². The number of nitrogens with zero attached hydrogens (tertiary/aromatic N) is 1. The number of ether oxygens (including phenoxy) is 2. The fourth-order valence-corrected chi connectivity index (χ4v) is 16.7. The first-order valence-electron chi connectivity index (χ1n) is 23.4. The monoisotopic (exact) mass is 811 g/mol. The lowest BCUT2D eigenvalue weighted by Gasteiger charge is -2.72. The quantitative estimate of drug-likeness (QED) is 0.164. The third kappa shape index (κ3) is 7.38. The van der Waals surface area contributed by atoms with Gasteiger partial charge >= 0.3 is 5.97 Å². The Morgan fingerprint density at radius 3 is 2.23 bits per heavy atom. The number of carbonyl (C=O) groups excluding carboxylic acids is 1. The van der Waals surface area contributed by atoms with Gasteiger partial charge in [0.1, 0.15) is 5.60 Å². The summed E-state index contributed by atoms with van der Waals surface area (Å²) in [6, 6.07) is 0. The third-order valence-corrected chi connectivity index (χ3v) is 21.2. The van der Waals surface area contributed by atoms with Gasteiger partial charge < -0.3 is 19.7 Å². The molecule has 57 heavy (non-hydrogen) atoms. The Hall–Kier alpha value is -1.22. The molecule has 9 atom stereocenters. The van der Waals surface area contributed by atoms with Crippen molar-refractivity contribution in [3.05, 3.63) is 23.8 Å². The van der Waals surface area contributed by atoms with Crippen molar-refractivity contribution in [2.75, 3.05) is 44.8 Å². The summed E-state index contributed by atoms with van der Waals surface area (Å²) in [6.07, 6.45) is 19.7. The Morgan fingerprint density at radius 1 is 0.912 bits per heavy atom. The topological polar surface area (TPSA) is 84.9 Å². The molecule has 7 aliphatic rings. The number of methoxy groups -OCH3 is 1. The van der Waals surface area contributed by atoms with Crippen molar-refractivity contribution in [3.8, 4) is 0 Å². The summed E-state index contributed by atoms with van der Waals surface area (Å²) in [4.78, 5) is 15.8. The molecule has 0 amide bonds. The molecule has 5 saturated carbocycles. The van der Waals surface area contributed by atoms with Gasteiger partial charge in [0.15, 0.2) is 15.4 Å². The molecule has 6 aliphatic carbocycles. The Kier molecular flexibility index (Phi) is 11.8. The average Bonchev–Trinajstić information content (AvgIpc) is 3.54. The maximum atomic E-state index is 13.4. The van der Waals surface area contributed by atoms with Crippen LogP contribution in [0.2, 0.25) is 0 Å². The Bertz CT molecular complexity index is 1660. The van der Waals surface area contributed by atoms with Crippen LogP contribution < -0.4 is 5.32 Å². The predicted octanol–water partition coefficient (Wildman–Crippen LogP) is 9.95. The number of nitrogens with one attached hydrogen (secondary N) is 1. The van der Waals surface area contributed by atoms with Gasteiger partial charge in [-0.05, 0) is 174 Å². The van der Waals surface area contributed by atoms with Gasteiger partial charge in [-0.15, -0.1) is 0 Å². The molecule has 0 aromatic heterocycles. The first kappa shape index (κ1) is 43.9. The molecule has 0 aromatic carbocycles. The highest BCUT2D eigenvalue weighted by Gasteiger charge is 2.70. The second kappa shape index (κ2) is 15.3. The van der Waals surface area contributed by atoms with E-state index in [0.29, 0.717) is 70.4 Å². The van der Waals surface area contributed by atoms with Gasteiger partial charge in [0.25, 0.3) is 0 Å². The van der Waals surface area contributed by atoms with E-state index in [9.17, 15) is 13.2 Å². The van der Waals surface area contributed by atoms with Gasteiger partial charge in [0, 0.05) is 38.8 Å². The van der Waals surface area contributed by atoms with E-state index in [-0.39, 0.29) is 16.9 Å². The maximum Gasteiger partial charge on any atom is 0.338 e. The van der Waals surface area contributed by atoms with E-state index in [2.05, 4.69) is 71.3 Å². The van der Waals surface area contributed by atoms with E-state index in [1.807, 2.05) is 13.8 Å². The number of fused-ring (bicyclic) bond motifs is 7. The molecule has 324 valence electrons. The molecular weight excluding hydrogens is 729 g/mol. The minimum Gasteiger partial charge on any atom is -0.458 e. The van der Waals surface area contributed by atoms with Crippen molar-refractivity contribution >= 4 is 15.8 Å². The molecule has 1 saturated heterocycles. The van der Waals surface area contributed by atoms with Crippen molar-refractivity contribution in [1.82, 2.24) is 10.2 Å². The predicted molar refractivity (Wildman–Crippen MR) is 233 cm³/mol. The van der Waals surface area contributed by atoms with E-state index in [1.165, 1.54) is 63.4 Å². The molecular formula is C49H82N2O5S. The molecule has 0 aromatic rings. The summed E-state index contributed by atoms with van der Waals surface area (Å²) in [5, 5.41) is 4.24. The van der Waals surface area contributed by atoms with Gasteiger partial charge in [-0.3, -0.25) is 0 Å². The molecule has 6 fully saturated rings. The molecule has 0 spiro atoms. The summed E-state index contributed by atoms with van der Waals surface area (Å²) in [6.45, 7) is 29.6. The van der Waals surface area contributed by atoms with Crippen molar-refractivity contribution in [1.29, 1.82) is 0 Å². The van der Waals surface area contributed by atoms with E-state index in [0.717, 1.165) is 57.5 Å². The molecule has 0 unspecified atom stereocenters. The van der Waals surface area contributed by atoms with Gasteiger partial charge in [-0.2, -0.15) is 0 Å². The fraction of sp³-hybridized carbons (Fsp3) is 0.898. The Labute approximate surface area is 348 Å². The molecule has 0 radical (unpaired) electrons. The Balaban J connectivity index is 1.06. The number of sulfone groups is 1. The number of rotatable bonds is 11. The zero-order valence-electron chi connectivity index (χ0n) is 38.0. The second-order valence-electron chi connectivity index (χ2n) is 22.8. The fourth-order valence-electron chi connectivity index (χ4n) is 15.5. The zero-order valence-corrected chi connectivity index (χ0v) is 38.8. The lowest BCUT2D eigenvalue weighted by molar-refractivity contribution is -0.221. The number of hydrogen-bond donors (Lipinski definition) is 1. The average molecular weight is 811 g/mol. The van der Waals surface area contributed by atoms with Gasteiger partial charge in [0.05, 0.1) is 11.5 Å². The van der Waals surface area contributed by atoms with Crippen molar-refractivity contribution in [2.45, 2.75) is 175 Å². The highest BCUT2D eigenvalue weighted by Crippen LogP contribution is 2.76. The number of carbonyl (C=O) groups is 1. The molecule has 0 bridgehead atoms. The Morgan fingerprint density at radius 2 is 1.60 bits per heavy atom. The zero-order chi connectivity index (χ0) is 41.5. The van der Waals surface area contributed by atoms with Gasteiger partial charge in [-0.25, -0.2) is 13.2 Å².